The van der Waals surface area contributed by atoms with Crippen molar-refractivity contribution in [3.63, 3.8) is 0 Å². The summed E-state index contributed by atoms with van der Waals surface area (Å²) < 4.78 is 9.19. The van der Waals surface area contributed by atoms with Crippen LogP contribution < -0.4 is 5.32 Å². The number of rotatable bonds is 14. The van der Waals surface area contributed by atoms with E-state index in [0.717, 1.165) is 75.1 Å². The maximum absolute atomic E-state index is 12.0. The fraction of sp³-hybridized carbons (Fsp3) is 0.404. The minimum absolute atomic E-state index is 0.109. The first-order chi connectivity index (χ1) is 38.3. The summed E-state index contributed by atoms with van der Waals surface area (Å²) in [5.74, 6) is -1.41. The number of hydrogen-bond acceptors (Lipinski definition) is 14. The summed E-state index contributed by atoms with van der Waals surface area (Å²) in [7, 11) is -1.72. The Morgan fingerprint density at radius 2 is 1.00 bits per heavy atom. The number of nitrogens with one attached hydrogen (secondary N) is 1. The number of ether oxygens (including phenoxy) is 1. The maximum Gasteiger partial charge on any atom is 0.377 e. The minimum atomic E-state index is -0.830. The SMILES string of the molecule is Brc1ccc(C2=CN=C([C@@H]3CCCN3)C2)cc1.CB(O)N1CCC[C@H]1C(=O)O.CB(O)N1CCC[C@H]1C(=O)OCC(=O)c1ccc(Br)cc1.CB(O)N1CCC[C@H]1C1=NC=C(c2ccc(Br)cc2)C1.O=C(CBr)c1ccc(Br)cc1. The second-order valence-electron chi connectivity index (χ2n) is 20.1. The normalized spacial score (nSPS) is 20.4. The number of carboxylic acids is 1. The minimum Gasteiger partial charge on any atom is -0.480 e. The van der Waals surface area contributed by atoms with E-state index in [2.05, 4.69) is 148 Å². The van der Waals surface area contributed by atoms with Gasteiger partial charge in [0.05, 0.1) is 5.33 Å². The molecule has 4 aromatic rings. The van der Waals surface area contributed by atoms with Crippen LogP contribution in [0.4, 0.5) is 0 Å². The smallest absolute Gasteiger partial charge is 0.377 e. The molecule has 6 aliphatic heterocycles. The average molecular weight is 1410 g/mol. The molecule has 0 radical (unpaired) electrons. The van der Waals surface area contributed by atoms with Gasteiger partial charge in [0.1, 0.15) is 12.1 Å². The lowest BCUT2D eigenvalue weighted by atomic mass is 9.83. The van der Waals surface area contributed by atoms with E-state index in [1.165, 1.54) is 46.5 Å². The van der Waals surface area contributed by atoms with Crippen molar-refractivity contribution < 1.29 is 44.1 Å². The number of Topliss-reactive ketones (excluding diaryl/α,β-unsaturated/α-hetero) is 2. The number of carboxylic acid groups (broad SMARTS) is 1. The lowest BCUT2D eigenvalue weighted by molar-refractivity contribution is -0.146. The molecule has 23 heteroatoms. The summed E-state index contributed by atoms with van der Waals surface area (Å²) in [6, 6.07) is 30.9. The van der Waals surface area contributed by atoms with Crippen molar-refractivity contribution in [1.82, 2.24) is 19.7 Å². The Bertz CT molecular complexity index is 2820. The molecule has 0 saturated carbocycles. The van der Waals surface area contributed by atoms with E-state index in [4.69, 9.17) is 14.9 Å². The topological polar surface area (TPSA) is 205 Å². The average Bonchev–Trinajstić information content (AvgIpc) is 4.34. The van der Waals surface area contributed by atoms with Gasteiger partial charge in [-0.2, -0.15) is 0 Å². The number of benzene rings is 4. The number of halogens is 5. The molecule has 0 aliphatic carbocycles. The summed E-state index contributed by atoms with van der Waals surface area (Å²) in [6.45, 7) is 8.25. The number of alkyl halides is 1. The van der Waals surface area contributed by atoms with E-state index in [1.54, 1.807) is 59.7 Å². The molecule has 0 unspecified atom stereocenters. The van der Waals surface area contributed by atoms with Gasteiger partial charge in [-0.3, -0.25) is 29.2 Å². The van der Waals surface area contributed by atoms with E-state index >= 15 is 0 Å². The Morgan fingerprint density at radius 1 is 0.575 bits per heavy atom. The quantitative estimate of drug-likeness (QED) is 0.0345. The summed E-state index contributed by atoms with van der Waals surface area (Å²) in [5, 5.41) is 41.2. The van der Waals surface area contributed by atoms with Crippen molar-refractivity contribution in [2.45, 2.75) is 109 Å². The largest absolute Gasteiger partial charge is 0.480 e. The Balaban J connectivity index is 0.000000165. The summed E-state index contributed by atoms with van der Waals surface area (Å²) in [5.41, 5.74) is 8.86. The number of ketones is 2. The highest BCUT2D eigenvalue weighted by atomic mass is 79.9. The van der Waals surface area contributed by atoms with Gasteiger partial charge in [-0.1, -0.05) is 128 Å². The number of carbonyl (C=O) groups excluding carboxylic acids is 3. The molecule has 5 N–H and O–H groups in total. The summed E-state index contributed by atoms with van der Waals surface area (Å²) >= 11 is 16.6. The molecule has 6 aliphatic rings. The van der Waals surface area contributed by atoms with Gasteiger partial charge in [0.2, 0.25) is 0 Å². The van der Waals surface area contributed by atoms with Gasteiger partial charge < -0.3 is 44.7 Å². The van der Waals surface area contributed by atoms with Crippen LogP contribution in [0.3, 0.4) is 0 Å². The van der Waals surface area contributed by atoms with Crippen LogP contribution in [0.5, 0.6) is 0 Å². The number of nitrogens with zero attached hydrogens (tertiary/aromatic N) is 5. The highest BCUT2D eigenvalue weighted by Gasteiger charge is 2.37. The number of aliphatic imine (C=N–C) groups is 2. The van der Waals surface area contributed by atoms with Crippen LogP contribution in [-0.4, -0.2) is 153 Å². The van der Waals surface area contributed by atoms with Crippen molar-refractivity contribution in [2.24, 2.45) is 9.98 Å². The molecule has 4 atom stereocenters. The standard InChI is InChI=1S/C15H18BBrN2O.C14H17BBrNO4.C14H15BrN2.C8H6Br2O.C6H12BNO3/c1-16(20)19-8-2-3-15(19)14-9-12(10-18-14)11-4-6-13(17)7-5-11;1-15(20)17-8-2-3-12(17)14(19)21-9-13(18)10-4-6-11(16)7-5-10;15-12-5-3-10(4-6-12)11-8-14(17-9-11)13-2-1-7-16-13;9-5-8(11)6-1-3-7(10)4-2-6;1-7(11)8-4-2-3-5(8)6(9)10/h4-7,10,15,20H,2-3,8-9H2,1H3;4-7,12,20H,2-3,8-9H2,1H3;3-6,9,13,16H,1-2,7-8H2;1-4H,5H2;5,11H,2-4H2,1H3,(H,9,10)/t15-;12-;13-;;5-/m000.0/s1. The molecule has 10 rings (SSSR count). The van der Waals surface area contributed by atoms with Crippen molar-refractivity contribution in [3.8, 4) is 0 Å². The van der Waals surface area contributed by atoms with Crippen molar-refractivity contribution in [3.05, 3.63) is 150 Å². The van der Waals surface area contributed by atoms with Crippen LogP contribution >= 0.6 is 79.6 Å². The fourth-order valence-corrected chi connectivity index (χ4v) is 11.6. The third-order valence-electron chi connectivity index (χ3n) is 14.5. The van der Waals surface area contributed by atoms with Crippen LogP contribution in [0, 0.1) is 0 Å². The van der Waals surface area contributed by atoms with Gasteiger partial charge in [-0.15, -0.1) is 0 Å². The maximum atomic E-state index is 12.0. The number of allylic oxidation sites excluding steroid dienone is 2. The van der Waals surface area contributed by atoms with Crippen LogP contribution in [0.1, 0.15) is 96.1 Å². The molecule has 0 amide bonds. The van der Waals surface area contributed by atoms with Gasteiger partial charge in [0, 0.05) is 77.8 Å². The molecule has 15 nitrogen and oxygen atoms in total. The number of aliphatic carboxylic acids is 1. The third-order valence-corrected chi connectivity index (χ3v) is 17.1. The van der Waals surface area contributed by atoms with Crippen LogP contribution in [0.15, 0.2) is 137 Å². The Morgan fingerprint density at radius 3 is 1.45 bits per heavy atom. The molecule has 4 aromatic carbocycles. The molecule has 0 aromatic heterocycles. The first-order valence-electron chi connectivity index (χ1n) is 26.9. The molecular formula is C57H68B3Br5N6O9. The second kappa shape index (κ2) is 33.0. The molecule has 0 spiro atoms. The van der Waals surface area contributed by atoms with Gasteiger partial charge in [-0.25, -0.2) is 0 Å². The highest BCUT2D eigenvalue weighted by molar-refractivity contribution is 9.11. The van der Waals surface area contributed by atoms with Crippen molar-refractivity contribution in [1.29, 1.82) is 0 Å². The summed E-state index contributed by atoms with van der Waals surface area (Å²) in [4.78, 5) is 60.2. The van der Waals surface area contributed by atoms with Crippen LogP contribution in [0.2, 0.25) is 20.5 Å². The van der Waals surface area contributed by atoms with E-state index in [0.29, 0.717) is 48.9 Å². The van der Waals surface area contributed by atoms with Crippen molar-refractivity contribution in [2.75, 3.05) is 38.1 Å². The lowest BCUT2D eigenvalue weighted by Crippen LogP contribution is -2.45. The molecular weight excluding hydrogens is 1340 g/mol. The van der Waals surface area contributed by atoms with Gasteiger partial charge in [0.15, 0.2) is 18.2 Å². The first kappa shape index (κ1) is 65.4. The first-order valence-corrected chi connectivity index (χ1v) is 31.2. The van der Waals surface area contributed by atoms with Gasteiger partial charge in [0.25, 0.3) is 0 Å². The van der Waals surface area contributed by atoms with E-state index in [1.807, 2.05) is 31.4 Å². The summed E-state index contributed by atoms with van der Waals surface area (Å²) in [6.07, 6.45) is 13.7. The lowest BCUT2D eigenvalue weighted by Gasteiger charge is -2.25. The third kappa shape index (κ3) is 19.7. The molecule has 0 bridgehead atoms. The van der Waals surface area contributed by atoms with Gasteiger partial charge >= 0.3 is 33.1 Å². The Labute approximate surface area is 513 Å². The zero-order chi connectivity index (χ0) is 57.9. The zero-order valence-electron chi connectivity index (χ0n) is 45.2. The molecule has 6 heterocycles. The van der Waals surface area contributed by atoms with E-state index < -0.39 is 38.1 Å². The predicted molar refractivity (Wildman–Crippen MR) is 339 cm³/mol. The molecule has 4 saturated heterocycles. The van der Waals surface area contributed by atoms with E-state index in [9.17, 15) is 29.2 Å². The molecule has 424 valence electrons. The van der Waals surface area contributed by atoms with Crippen LogP contribution in [0.25, 0.3) is 11.1 Å². The van der Waals surface area contributed by atoms with Crippen LogP contribution in [-0.2, 0) is 14.3 Å². The number of carbonyl (C=O) groups is 4. The number of esters is 1. The van der Waals surface area contributed by atoms with Gasteiger partial charge in [-0.05, 0) is 169 Å². The highest BCUT2D eigenvalue weighted by Crippen LogP contribution is 2.31. The predicted octanol–water partition coefficient (Wildman–Crippen LogP) is 11.0. The monoisotopic (exact) mass is 1410 g/mol. The van der Waals surface area contributed by atoms with Crippen molar-refractivity contribution >= 4 is 147 Å². The Hall–Kier alpha value is -3.71. The molecule has 80 heavy (non-hydrogen) atoms. The fourth-order valence-electron chi connectivity index (χ4n) is 10.2. The Kier molecular flexibility index (Phi) is 27.0. The second-order valence-corrected chi connectivity index (χ2v) is 24.3. The zero-order valence-corrected chi connectivity index (χ0v) is 53.1. The van der Waals surface area contributed by atoms with E-state index in [-0.39, 0.29) is 25.2 Å². The molecule has 4 fully saturated rings. The number of hydrogen-bond donors (Lipinski definition) is 5.